The third kappa shape index (κ3) is 5.92. The Bertz CT molecular complexity index is 676. The average molecular weight is 364 g/mol. The lowest BCUT2D eigenvalue weighted by Crippen LogP contribution is -2.18. The van der Waals surface area contributed by atoms with Crippen molar-refractivity contribution in [3.05, 3.63) is 58.1 Å². The minimum absolute atomic E-state index is 0.481. The van der Waals surface area contributed by atoms with E-state index in [-0.39, 0.29) is 0 Å². The van der Waals surface area contributed by atoms with E-state index in [2.05, 4.69) is 24.4 Å². The molecular formula is C20H26ClNO3. The summed E-state index contributed by atoms with van der Waals surface area (Å²) in [6.45, 7) is 7.16. The summed E-state index contributed by atoms with van der Waals surface area (Å²) in [5.74, 6) is 1.37. The highest BCUT2D eigenvalue weighted by Gasteiger charge is 2.12. The molecule has 0 radical (unpaired) electrons. The van der Waals surface area contributed by atoms with Gasteiger partial charge in [-0.2, -0.15) is 0 Å². The highest BCUT2D eigenvalue weighted by Crippen LogP contribution is 2.34. The van der Waals surface area contributed by atoms with E-state index in [9.17, 15) is 0 Å². The molecule has 0 unspecified atom stereocenters. The maximum Gasteiger partial charge on any atom is 0.163 e. The van der Waals surface area contributed by atoms with Gasteiger partial charge in [0.2, 0.25) is 0 Å². The van der Waals surface area contributed by atoms with E-state index in [1.807, 2.05) is 31.2 Å². The van der Waals surface area contributed by atoms with Gasteiger partial charge in [0.15, 0.2) is 11.5 Å². The van der Waals surface area contributed by atoms with Gasteiger partial charge >= 0.3 is 0 Å². The van der Waals surface area contributed by atoms with Crippen LogP contribution in [0.15, 0.2) is 36.4 Å². The lowest BCUT2D eigenvalue weighted by atomic mass is 10.1. The molecule has 0 bridgehead atoms. The molecule has 2 aromatic carbocycles. The van der Waals surface area contributed by atoms with Gasteiger partial charge in [-0.25, -0.2) is 0 Å². The lowest BCUT2D eigenvalue weighted by molar-refractivity contribution is 0.199. The smallest absolute Gasteiger partial charge is 0.163 e. The van der Waals surface area contributed by atoms with Crippen molar-refractivity contribution in [1.29, 1.82) is 0 Å². The summed E-state index contributed by atoms with van der Waals surface area (Å²) in [7, 11) is 1.68. The Morgan fingerprint density at radius 2 is 1.80 bits per heavy atom. The van der Waals surface area contributed by atoms with Gasteiger partial charge in [0.05, 0.1) is 13.2 Å². The lowest BCUT2D eigenvalue weighted by Gasteiger charge is -2.16. The van der Waals surface area contributed by atoms with E-state index in [4.69, 9.17) is 25.8 Å². The van der Waals surface area contributed by atoms with Crippen molar-refractivity contribution in [1.82, 2.24) is 5.32 Å². The zero-order chi connectivity index (χ0) is 18.1. The standard InChI is InChI=1S/C20H26ClNO3/c1-4-24-19-11-17(13-22-9-10-23-3)18(21)12-20(19)25-14-16-8-6-5-7-15(16)2/h5-8,11-12,22H,4,9-10,13-14H2,1-3H3. The Balaban J connectivity index is 2.11. The summed E-state index contributed by atoms with van der Waals surface area (Å²) in [6.07, 6.45) is 0. The normalized spacial score (nSPS) is 10.7. The Hall–Kier alpha value is -1.75. The van der Waals surface area contributed by atoms with Crippen LogP contribution >= 0.6 is 11.6 Å². The molecule has 0 spiro atoms. The maximum atomic E-state index is 6.42. The van der Waals surface area contributed by atoms with Crippen LogP contribution in [-0.4, -0.2) is 26.9 Å². The van der Waals surface area contributed by atoms with Crippen LogP contribution in [-0.2, 0) is 17.9 Å². The molecule has 2 rings (SSSR count). The second kappa shape index (κ2) is 10.3. The number of methoxy groups -OCH3 is 1. The van der Waals surface area contributed by atoms with Crippen LogP contribution in [0.1, 0.15) is 23.6 Å². The van der Waals surface area contributed by atoms with Gasteiger partial charge in [-0.1, -0.05) is 35.9 Å². The Labute approximate surface area is 155 Å². The summed E-state index contributed by atoms with van der Waals surface area (Å²) in [5.41, 5.74) is 3.32. The molecule has 0 saturated heterocycles. The van der Waals surface area contributed by atoms with Gasteiger partial charge in [-0.05, 0) is 36.6 Å². The van der Waals surface area contributed by atoms with E-state index >= 15 is 0 Å². The van der Waals surface area contributed by atoms with E-state index in [0.29, 0.717) is 42.9 Å². The quantitative estimate of drug-likeness (QED) is 0.636. The SMILES string of the molecule is CCOc1cc(CNCCOC)c(Cl)cc1OCc1ccccc1C. The van der Waals surface area contributed by atoms with Crippen molar-refractivity contribution in [3.63, 3.8) is 0 Å². The summed E-state index contributed by atoms with van der Waals surface area (Å²) in [5, 5.41) is 3.95. The molecule has 0 aromatic heterocycles. The number of ether oxygens (including phenoxy) is 3. The van der Waals surface area contributed by atoms with Gasteiger partial charge in [0, 0.05) is 31.3 Å². The molecule has 4 nitrogen and oxygen atoms in total. The number of rotatable bonds is 10. The molecule has 1 N–H and O–H groups in total. The van der Waals surface area contributed by atoms with Crippen molar-refractivity contribution in [3.8, 4) is 11.5 Å². The molecule has 0 aliphatic carbocycles. The van der Waals surface area contributed by atoms with Crippen LogP contribution in [0.25, 0.3) is 0 Å². The zero-order valence-corrected chi connectivity index (χ0v) is 15.9. The first-order valence-electron chi connectivity index (χ1n) is 8.47. The van der Waals surface area contributed by atoms with Gasteiger partial charge in [0.25, 0.3) is 0 Å². The molecule has 0 aliphatic heterocycles. The van der Waals surface area contributed by atoms with Crippen LogP contribution < -0.4 is 14.8 Å². The van der Waals surface area contributed by atoms with Crippen LogP contribution in [0.2, 0.25) is 5.02 Å². The molecule has 5 heteroatoms. The molecular weight excluding hydrogens is 338 g/mol. The molecule has 0 aliphatic rings. The van der Waals surface area contributed by atoms with Gasteiger partial charge in [-0.3, -0.25) is 0 Å². The van der Waals surface area contributed by atoms with Crippen LogP contribution in [0.5, 0.6) is 11.5 Å². The molecule has 2 aromatic rings. The maximum absolute atomic E-state index is 6.42. The topological polar surface area (TPSA) is 39.7 Å². The Kier molecular flexibility index (Phi) is 8.06. The zero-order valence-electron chi connectivity index (χ0n) is 15.1. The highest BCUT2D eigenvalue weighted by atomic mass is 35.5. The monoisotopic (exact) mass is 363 g/mol. The fourth-order valence-electron chi connectivity index (χ4n) is 2.42. The summed E-state index contributed by atoms with van der Waals surface area (Å²) in [4.78, 5) is 0. The second-order valence-electron chi connectivity index (χ2n) is 5.71. The number of aryl methyl sites for hydroxylation is 1. The summed E-state index contributed by atoms with van der Waals surface area (Å²) in [6, 6.07) is 11.9. The largest absolute Gasteiger partial charge is 0.490 e. The number of hydrogen-bond donors (Lipinski definition) is 1. The highest BCUT2D eigenvalue weighted by molar-refractivity contribution is 6.31. The molecule has 0 atom stereocenters. The molecule has 0 saturated carbocycles. The first-order chi connectivity index (χ1) is 12.2. The second-order valence-corrected chi connectivity index (χ2v) is 6.12. The average Bonchev–Trinajstić information content (AvgIpc) is 2.61. The van der Waals surface area contributed by atoms with Gasteiger partial charge in [0.1, 0.15) is 6.61 Å². The number of hydrogen-bond acceptors (Lipinski definition) is 4. The van der Waals surface area contributed by atoms with Crippen LogP contribution in [0.3, 0.4) is 0 Å². The van der Waals surface area contributed by atoms with Crippen molar-refractivity contribution < 1.29 is 14.2 Å². The number of benzene rings is 2. The van der Waals surface area contributed by atoms with Crippen LogP contribution in [0, 0.1) is 6.92 Å². The fraction of sp³-hybridized carbons (Fsp3) is 0.400. The molecule has 0 fully saturated rings. The van der Waals surface area contributed by atoms with Crippen molar-refractivity contribution in [2.45, 2.75) is 27.0 Å². The van der Waals surface area contributed by atoms with Crippen molar-refractivity contribution >= 4 is 11.6 Å². The first kappa shape index (κ1) is 19.6. The predicted octanol–water partition coefficient (Wildman–Crippen LogP) is 4.36. The van der Waals surface area contributed by atoms with Crippen molar-refractivity contribution in [2.24, 2.45) is 0 Å². The van der Waals surface area contributed by atoms with E-state index < -0.39 is 0 Å². The molecule has 136 valence electrons. The third-order valence-electron chi connectivity index (χ3n) is 3.86. The molecule has 25 heavy (non-hydrogen) atoms. The first-order valence-corrected chi connectivity index (χ1v) is 8.85. The number of nitrogens with one attached hydrogen (secondary N) is 1. The van der Waals surface area contributed by atoms with Crippen LogP contribution in [0.4, 0.5) is 0 Å². The predicted molar refractivity (Wildman–Crippen MR) is 102 cm³/mol. The number of halogens is 1. The molecule has 0 amide bonds. The van der Waals surface area contributed by atoms with E-state index in [1.165, 1.54) is 5.56 Å². The van der Waals surface area contributed by atoms with E-state index in [0.717, 1.165) is 17.7 Å². The fourth-order valence-corrected chi connectivity index (χ4v) is 2.64. The summed E-state index contributed by atoms with van der Waals surface area (Å²) >= 11 is 6.42. The summed E-state index contributed by atoms with van der Waals surface area (Å²) < 4.78 is 16.8. The van der Waals surface area contributed by atoms with Gasteiger partial charge in [-0.15, -0.1) is 0 Å². The Morgan fingerprint density at radius 3 is 2.52 bits per heavy atom. The molecule has 0 heterocycles. The Morgan fingerprint density at radius 1 is 1.04 bits per heavy atom. The van der Waals surface area contributed by atoms with E-state index in [1.54, 1.807) is 7.11 Å². The minimum atomic E-state index is 0.481. The van der Waals surface area contributed by atoms with Gasteiger partial charge < -0.3 is 19.5 Å². The third-order valence-corrected chi connectivity index (χ3v) is 4.21. The minimum Gasteiger partial charge on any atom is -0.490 e. The van der Waals surface area contributed by atoms with Crippen molar-refractivity contribution in [2.75, 3.05) is 26.9 Å².